The Morgan fingerprint density at radius 2 is 1.97 bits per heavy atom. The van der Waals surface area contributed by atoms with E-state index in [4.69, 9.17) is 4.74 Å². The van der Waals surface area contributed by atoms with Crippen LogP contribution in [-0.4, -0.2) is 57.7 Å². The minimum absolute atomic E-state index is 0.0428. The Balaban J connectivity index is 1.32. The van der Waals surface area contributed by atoms with Gasteiger partial charge in [-0.3, -0.25) is 4.79 Å². The Hall–Kier alpha value is -3.11. The normalized spacial score (nSPS) is 20.0. The second-order valence-electron chi connectivity index (χ2n) is 8.73. The highest BCUT2D eigenvalue weighted by atomic mass is 19.4. The van der Waals surface area contributed by atoms with E-state index >= 15 is 0 Å². The molecule has 178 valence electrons. The fourth-order valence-corrected chi connectivity index (χ4v) is 4.00. The van der Waals surface area contributed by atoms with Gasteiger partial charge < -0.3 is 19.5 Å². The SMILES string of the molecule is CC(Cc1c[nH]c(=O)c(C(F)(F)F)c1)OC(=O)N1CCN(c2ncc(C3CC3)cn2)CC1C. The predicted molar refractivity (Wildman–Crippen MR) is 114 cm³/mol. The second kappa shape index (κ2) is 9.03. The van der Waals surface area contributed by atoms with E-state index in [0.717, 1.165) is 11.6 Å². The molecule has 8 nitrogen and oxygen atoms in total. The van der Waals surface area contributed by atoms with Crippen LogP contribution in [0.2, 0.25) is 0 Å². The van der Waals surface area contributed by atoms with Crippen LogP contribution in [0.1, 0.15) is 49.3 Å². The smallest absolute Gasteiger partial charge is 0.421 e. The highest BCUT2D eigenvalue weighted by molar-refractivity contribution is 5.68. The van der Waals surface area contributed by atoms with E-state index < -0.39 is 29.5 Å². The number of amides is 1. The summed E-state index contributed by atoms with van der Waals surface area (Å²) in [7, 11) is 0. The van der Waals surface area contributed by atoms with Gasteiger partial charge in [-0.2, -0.15) is 13.2 Å². The van der Waals surface area contributed by atoms with Gasteiger partial charge in [0.2, 0.25) is 5.95 Å². The number of piperazine rings is 1. The molecule has 0 radical (unpaired) electrons. The topological polar surface area (TPSA) is 91.4 Å². The third-order valence-corrected chi connectivity index (χ3v) is 5.95. The Morgan fingerprint density at radius 3 is 2.58 bits per heavy atom. The van der Waals surface area contributed by atoms with Crippen LogP contribution in [0.4, 0.5) is 23.9 Å². The number of alkyl halides is 3. The number of pyridine rings is 1. The number of hydrogen-bond donors (Lipinski definition) is 1. The van der Waals surface area contributed by atoms with E-state index in [1.165, 1.54) is 19.0 Å². The maximum Gasteiger partial charge on any atom is 0.421 e. The van der Waals surface area contributed by atoms with Gasteiger partial charge in [0.05, 0.1) is 0 Å². The van der Waals surface area contributed by atoms with Gasteiger partial charge in [-0.15, -0.1) is 0 Å². The minimum Gasteiger partial charge on any atom is -0.446 e. The molecule has 2 fully saturated rings. The molecular weight excluding hydrogens is 439 g/mol. The van der Waals surface area contributed by atoms with Crippen LogP contribution in [0.15, 0.2) is 29.5 Å². The molecule has 2 atom stereocenters. The summed E-state index contributed by atoms with van der Waals surface area (Å²) in [5.74, 6) is 1.22. The number of nitrogens with one attached hydrogen (secondary N) is 1. The molecule has 0 spiro atoms. The number of carbonyl (C=O) groups is 1. The number of aromatic amines is 1. The summed E-state index contributed by atoms with van der Waals surface area (Å²) in [5, 5.41) is 0. The van der Waals surface area contributed by atoms with Crippen LogP contribution in [0.5, 0.6) is 0 Å². The van der Waals surface area contributed by atoms with Crippen molar-refractivity contribution in [1.29, 1.82) is 0 Å². The molecule has 2 aromatic heterocycles. The Labute approximate surface area is 188 Å². The molecule has 1 N–H and O–H groups in total. The molecule has 1 saturated heterocycles. The summed E-state index contributed by atoms with van der Waals surface area (Å²) < 4.78 is 44.3. The molecule has 1 amide bonds. The van der Waals surface area contributed by atoms with E-state index in [9.17, 15) is 22.8 Å². The van der Waals surface area contributed by atoms with Crippen molar-refractivity contribution in [2.24, 2.45) is 0 Å². The van der Waals surface area contributed by atoms with Crippen molar-refractivity contribution in [2.75, 3.05) is 24.5 Å². The molecular formula is C22H26F3N5O3. The number of carbonyl (C=O) groups excluding carboxylic acids is 1. The van der Waals surface area contributed by atoms with Crippen molar-refractivity contribution < 1.29 is 22.7 Å². The molecule has 3 heterocycles. The standard InChI is InChI=1S/C22H26F3N5O3/c1-13-12-29(20-27-10-17(11-28-20)16-3-4-16)5-6-30(13)21(32)33-14(2)7-15-8-18(22(23,24)25)19(31)26-9-15/h8-11,13-14,16H,3-7,12H2,1-2H3,(H,26,31). The summed E-state index contributed by atoms with van der Waals surface area (Å²) in [5.41, 5.74) is -1.08. The number of aromatic nitrogens is 3. The molecule has 2 aliphatic rings. The van der Waals surface area contributed by atoms with Gasteiger partial charge in [-0.25, -0.2) is 14.8 Å². The first-order valence-corrected chi connectivity index (χ1v) is 10.9. The molecule has 11 heteroatoms. The Morgan fingerprint density at radius 1 is 1.27 bits per heavy atom. The van der Waals surface area contributed by atoms with Gasteiger partial charge in [0.25, 0.3) is 5.56 Å². The van der Waals surface area contributed by atoms with Gasteiger partial charge >= 0.3 is 12.3 Å². The van der Waals surface area contributed by atoms with E-state index in [0.29, 0.717) is 31.5 Å². The lowest BCUT2D eigenvalue weighted by Crippen LogP contribution is -2.55. The maximum atomic E-state index is 12.9. The first-order chi connectivity index (χ1) is 15.6. The molecule has 2 aromatic rings. The molecule has 0 aromatic carbocycles. The van der Waals surface area contributed by atoms with E-state index in [2.05, 4.69) is 15.0 Å². The van der Waals surface area contributed by atoms with Crippen LogP contribution >= 0.6 is 0 Å². The van der Waals surface area contributed by atoms with E-state index in [1.807, 2.05) is 24.2 Å². The molecule has 0 bridgehead atoms. The minimum atomic E-state index is -4.75. The van der Waals surface area contributed by atoms with Crippen molar-refractivity contribution in [3.05, 3.63) is 51.7 Å². The average Bonchev–Trinajstić information content (AvgIpc) is 3.59. The molecule has 1 aliphatic carbocycles. The lowest BCUT2D eigenvalue weighted by atomic mass is 10.1. The fourth-order valence-electron chi connectivity index (χ4n) is 4.00. The molecule has 2 unspecified atom stereocenters. The van der Waals surface area contributed by atoms with Gasteiger partial charge in [0, 0.05) is 50.7 Å². The van der Waals surface area contributed by atoms with E-state index in [-0.39, 0.29) is 18.0 Å². The van der Waals surface area contributed by atoms with Crippen molar-refractivity contribution in [3.63, 3.8) is 0 Å². The van der Waals surface area contributed by atoms with Crippen LogP contribution in [0.25, 0.3) is 0 Å². The van der Waals surface area contributed by atoms with Crippen molar-refractivity contribution >= 4 is 12.0 Å². The summed E-state index contributed by atoms with van der Waals surface area (Å²) >= 11 is 0. The summed E-state index contributed by atoms with van der Waals surface area (Å²) in [4.78, 5) is 38.7. The van der Waals surface area contributed by atoms with Gasteiger partial charge in [-0.05, 0) is 49.8 Å². The molecule has 4 rings (SSSR count). The molecule has 1 aliphatic heterocycles. The number of halogens is 3. The Bertz CT molecular complexity index is 1050. The van der Waals surface area contributed by atoms with Crippen LogP contribution in [-0.2, 0) is 17.3 Å². The third-order valence-electron chi connectivity index (χ3n) is 5.95. The summed E-state index contributed by atoms with van der Waals surface area (Å²) in [6.07, 6.45) is 1.41. The van der Waals surface area contributed by atoms with Crippen molar-refractivity contribution in [3.8, 4) is 0 Å². The fraction of sp³-hybridized carbons (Fsp3) is 0.545. The van der Waals surface area contributed by atoms with Gasteiger partial charge in [0.15, 0.2) is 0 Å². The summed E-state index contributed by atoms with van der Waals surface area (Å²) in [6, 6.07) is 0.633. The van der Waals surface area contributed by atoms with Gasteiger partial charge in [0.1, 0.15) is 11.7 Å². The Kier molecular flexibility index (Phi) is 6.31. The first kappa shape index (κ1) is 23.1. The van der Waals surface area contributed by atoms with Crippen LogP contribution < -0.4 is 10.5 Å². The number of nitrogens with zero attached hydrogens (tertiary/aromatic N) is 4. The van der Waals surface area contributed by atoms with E-state index in [1.54, 1.807) is 11.8 Å². The first-order valence-electron chi connectivity index (χ1n) is 10.9. The van der Waals surface area contributed by atoms with Crippen molar-refractivity contribution in [1.82, 2.24) is 19.9 Å². The third kappa shape index (κ3) is 5.45. The number of H-pyrrole nitrogens is 1. The number of rotatable bonds is 5. The number of anilines is 1. The van der Waals surface area contributed by atoms with Crippen LogP contribution in [0.3, 0.4) is 0 Å². The molecule has 1 saturated carbocycles. The highest BCUT2D eigenvalue weighted by Crippen LogP contribution is 2.39. The lowest BCUT2D eigenvalue weighted by molar-refractivity contribution is -0.138. The quantitative estimate of drug-likeness (QED) is 0.728. The predicted octanol–water partition coefficient (Wildman–Crippen LogP) is 3.34. The van der Waals surface area contributed by atoms with Crippen LogP contribution in [0, 0.1) is 0 Å². The lowest BCUT2D eigenvalue weighted by Gasteiger charge is -2.39. The zero-order valence-electron chi connectivity index (χ0n) is 18.4. The zero-order valence-corrected chi connectivity index (χ0v) is 18.4. The maximum absolute atomic E-state index is 12.9. The molecule has 33 heavy (non-hydrogen) atoms. The summed E-state index contributed by atoms with van der Waals surface area (Å²) in [6.45, 7) is 5.00. The van der Waals surface area contributed by atoms with Gasteiger partial charge in [-0.1, -0.05) is 0 Å². The van der Waals surface area contributed by atoms with Crippen molar-refractivity contribution in [2.45, 2.75) is 57.3 Å². The second-order valence-corrected chi connectivity index (χ2v) is 8.73. The zero-order chi connectivity index (χ0) is 23.8. The number of ether oxygens (including phenoxy) is 1. The largest absolute Gasteiger partial charge is 0.446 e. The monoisotopic (exact) mass is 465 g/mol. The average molecular weight is 465 g/mol. The highest BCUT2D eigenvalue weighted by Gasteiger charge is 2.35. The number of hydrogen-bond acceptors (Lipinski definition) is 6.